The predicted molar refractivity (Wildman–Crippen MR) is 66.9 cm³/mol. The number of aliphatic hydroxyl groups is 1. The summed E-state index contributed by atoms with van der Waals surface area (Å²) < 4.78 is 0. The van der Waals surface area contributed by atoms with Crippen molar-refractivity contribution in [3.8, 4) is 0 Å². The van der Waals surface area contributed by atoms with E-state index in [0.717, 1.165) is 30.4 Å². The first-order valence-electron chi connectivity index (χ1n) is 6.20. The van der Waals surface area contributed by atoms with Crippen LogP contribution in [0.5, 0.6) is 0 Å². The van der Waals surface area contributed by atoms with Crippen LogP contribution >= 0.6 is 0 Å². The molecule has 0 aromatic heterocycles. The Labute approximate surface area is 102 Å². The monoisotopic (exact) mass is 233 g/mol. The summed E-state index contributed by atoms with van der Waals surface area (Å²) in [6, 6.07) is 7.55. The van der Waals surface area contributed by atoms with Crippen molar-refractivity contribution in [3.05, 3.63) is 35.4 Å². The first-order valence-corrected chi connectivity index (χ1v) is 6.20. The van der Waals surface area contributed by atoms with Crippen LogP contribution in [0.2, 0.25) is 0 Å². The molecule has 1 aliphatic rings. The average molecular weight is 233 g/mol. The molecular weight excluding hydrogens is 214 g/mol. The van der Waals surface area contributed by atoms with E-state index < -0.39 is 0 Å². The highest BCUT2D eigenvalue weighted by Gasteiger charge is 2.25. The van der Waals surface area contributed by atoms with Gasteiger partial charge in [0, 0.05) is 18.0 Å². The van der Waals surface area contributed by atoms with Crippen LogP contribution in [0.4, 0.5) is 0 Å². The molecule has 0 radical (unpaired) electrons. The lowest BCUT2D eigenvalue weighted by Crippen LogP contribution is -2.32. The fraction of sp³-hybridized carbons (Fsp3) is 0.500. The second-order valence-electron chi connectivity index (χ2n) is 4.78. The third kappa shape index (κ3) is 2.86. The third-order valence-corrected chi connectivity index (χ3v) is 3.53. The van der Waals surface area contributed by atoms with Gasteiger partial charge in [-0.3, -0.25) is 4.79 Å². The average Bonchev–Trinajstić information content (AvgIpc) is 2.72. The molecule has 1 fully saturated rings. The number of aryl methyl sites for hydroxylation is 1. The summed E-state index contributed by atoms with van der Waals surface area (Å²) in [5.74, 6) is 0.185. The van der Waals surface area contributed by atoms with E-state index in [2.05, 4.69) is 5.32 Å². The second-order valence-corrected chi connectivity index (χ2v) is 4.78. The molecule has 3 heteroatoms. The standard InChI is InChI=1S/C14H19NO2/c1-10-5-2-3-7-12(10)14(17)15-9-11-6-4-8-13(11)16/h2-3,5,7,11,13,16H,4,6,8-9H2,1H3,(H,15,17). The molecular formula is C14H19NO2. The minimum Gasteiger partial charge on any atom is -0.393 e. The first-order chi connectivity index (χ1) is 8.18. The van der Waals surface area contributed by atoms with Gasteiger partial charge >= 0.3 is 0 Å². The fourth-order valence-electron chi connectivity index (χ4n) is 2.40. The Kier molecular flexibility index (Phi) is 3.79. The Balaban J connectivity index is 1.91. The molecule has 0 heterocycles. The van der Waals surface area contributed by atoms with Gasteiger partial charge in [0.1, 0.15) is 0 Å². The number of carbonyl (C=O) groups is 1. The highest BCUT2D eigenvalue weighted by Crippen LogP contribution is 2.24. The predicted octanol–water partition coefficient (Wildman–Crippen LogP) is 1.89. The summed E-state index contributed by atoms with van der Waals surface area (Å²) in [5, 5.41) is 12.6. The van der Waals surface area contributed by atoms with Crippen molar-refractivity contribution >= 4 is 5.91 Å². The Morgan fingerprint density at radius 1 is 1.41 bits per heavy atom. The van der Waals surface area contributed by atoms with E-state index in [9.17, 15) is 9.90 Å². The molecule has 0 bridgehead atoms. The van der Waals surface area contributed by atoms with E-state index in [1.807, 2.05) is 31.2 Å². The molecule has 2 rings (SSSR count). The molecule has 92 valence electrons. The van der Waals surface area contributed by atoms with E-state index in [0.29, 0.717) is 6.54 Å². The quantitative estimate of drug-likeness (QED) is 0.837. The maximum Gasteiger partial charge on any atom is 0.251 e. The SMILES string of the molecule is Cc1ccccc1C(=O)NCC1CCCC1O. The van der Waals surface area contributed by atoms with Gasteiger partial charge in [0.25, 0.3) is 5.91 Å². The largest absolute Gasteiger partial charge is 0.393 e. The molecule has 3 nitrogen and oxygen atoms in total. The number of aliphatic hydroxyl groups excluding tert-OH is 1. The van der Waals surface area contributed by atoms with Gasteiger partial charge in [-0.15, -0.1) is 0 Å². The van der Waals surface area contributed by atoms with E-state index >= 15 is 0 Å². The maximum absolute atomic E-state index is 11.9. The van der Waals surface area contributed by atoms with Gasteiger partial charge in [-0.25, -0.2) is 0 Å². The van der Waals surface area contributed by atoms with E-state index in [4.69, 9.17) is 0 Å². The summed E-state index contributed by atoms with van der Waals surface area (Å²) in [4.78, 5) is 11.9. The van der Waals surface area contributed by atoms with Crippen LogP contribution in [0.3, 0.4) is 0 Å². The lowest BCUT2D eigenvalue weighted by Gasteiger charge is -2.15. The zero-order chi connectivity index (χ0) is 12.3. The number of rotatable bonds is 3. The van der Waals surface area contributed by atoms with Crippen LogP contribution in [-0.4, -0.2) is 23.7 Å². The Morgan fingerprint density at radius 3 is 2.82 bits per heavy atom. The number of nitrogens with one attached hydrogen (secondary N) is 1. The van der Waals surface area contributed by atoms with Crippen molar-refractivity contribution in [2.75, 3.05) is 6.54 Å². The Bertz CT molecular complexity index is 403. The topological polar surface area (TPSA) is 49.3 Å². The molecule has 2 atom stereocenters. The summed E-state index contributed by atoms with van der Waals surface area (Å²) in [7, 11) is 0. The zero-order valence-electron chi connectivity index (χ0n) is 10.1. The third-order valence-electron chi connectivity index (χ3n) is 3.53. The second kappa shape index (κ2) is 5.32. The van der Waals surface area contributed by atoms with Gasteiger partial charge < -0.3 is 10.4 Å². The number of hydrogen-bond donors (Lipinski definition) is 2. The van der Waals surface area contributed by atoms with Crippen LogP contribution in [0.15, 0.2) is 24.3 Å². The van der Waals surface area contributed by atoms with Crippen molar-refractivity contribution in [2.24, 2.45) is 5.92 Å². The molecule has 1 saturated carbocycles. The van der Waals surface area contributed by atoms with Crippen molar-refractivity contribution in [1.82, 2.24) is 5.32 Å². The molecule has 1 aliphatic carbocycles. The summed E-state index contributed by atoms with van der Waals surface area (Å²) in [5.41, 5.74) is 1.71. The minimum atomic E-state index is -0.243. The Morgan fingerprint density at radius 2 is 2.18 bits per heavy atom. The summed E-state index contributed by atoms with van der Waals surface area (Å²) in [6.45, 7) is 2.51. The molecule has 0 aliphatic heterocycles. The van der Waals surface area contributed by atoms with Crippen molar-refractivity contribution in [3.63, 3.8) is 0 Å². The molecule has 1 aromatic carbocycles. The maximum atomic E-state index is 11.9. The molecule has 1 aromatic rings. The van der Waals surface area contributed by atoms with Crippen molar-refractivity contribution in [2.45, 2.75) is 32.3 Å². The van der Waals surface area contributed by atoms with Gasteiger partial charge in [0.15, 0.2) is 0 Å². The molecule has 2 N–H and O–H groups in total. The van der Waals surface area contributed by atoms with E-state index in [1.165, 1.54) is 0 Å². The van der Waals surface area contributed by atoms with Crippen LogP contribution < -0.4 is 5.32 Å². The molecule has 0 saturated heterocycles. The van der Waals surface area contributed by atoms with Crippen LogP contribution in [0, 0.1) is 12.8 Å². The van der Waals surface area contributed by atoms with Gasteiger partial charge in [-0.1, -0.05) is 24.6 Å². The smallest absolute Gasteiger partial charge is 0.251 e. The van der Waals surface area contributed by atoms with Crippen LogP contribution in [-0.2, 0) is 0 Å². The van der Waals surface area contributed by atoms with E-state index in [1.54, 1.807) is 0 Å². The number of benzene rings is 1. The van der Waals surface area contributed by atoms with Gasteiger partial charge in [0.05, 0.1) is 6.10 Å². The van der Waals surface area contributed by atoms with E-state index in [-0.39, 0.29) is 17.9 Å². The van der Waals surface area contributed by atoms with Gasteiger partial charge in [-0.05, 0) is 31.4 Å². The lowest BCUT2D eigenvalue weighted by atomic mass is 10.1. The molecule has 17 heavy (non-hydrogen) atoms. The highest BCUT2D eigenvalue weighted by atomic mass is 16.3. The number of hydrogen-bond acceptors (Lipinski definition) is 2. The van der Waals surface area contributed by atoms with Gasteiger partial charge in [-0.2, -0.15) is 0 Å². The number of carbonyl (C=O) groups excluding carboxylic acids is 1. The fourth-order valence-corrected chi connectivity index (χ4v) is 2.40. The van der Waals surface area contributed by atoms with Crippen LogP contribution in [0.1, 0.15) is 35.2 Å². The summed E-state index contributed by atoms with van der Waals surface area (Å²) in [6.07, 6.45) is 2.69. The zero-order valence-corrected chi connectivity index (χ0v) is 10.1. The van der Waals surface area contributed by atoms with Crippen molar-refractivity contribution < 1.29 is 9.90 Å². The lowest BCUT2D eigenvalue weighted by molar-refractivity contribution is 0.0916. The molecule has 1 amide bonds. The molecule has 2 unspecified atom stereocenters. The first kappa shape index (κ1) is 12.1. The van der Waals surface area contributed by atoms with Gasteiger partial charge in [0.2, 0.25) is 0 Å². The minimum absolute atomic E-state index is 0.0396. The summed E-state index contributed by atoms with van der Waals surface area (Å²) >= 11 is 0. The highest BCUT2D eigenvalue weighted by molar-refractivity contribution is 5.95. The normalized spacial score (nSPS) is 23.6. The van der Waals surface area contributed by atoms with Crippen molar-refractivity contribution in [1.29, 1.82) is 0 Å². The Hall–Kier alpha value is -1.35. The number of amides is 1. The van der Waals surface area contributed by atoms with Crippen LogP contribution in [0.25, 0.3) is 0 Å². The molecule has 0 spiro atoms.